The van der Waals surface area contributed by atoms with Gasteiger partial charge in [-0.25, -0.2) is 4.98 Å². The number of hydrogen-bond acceptors (Lipinski definition) is 3. The zero-order chi connectivity index (χ0) is 16.4. The van der Waals surface area contributed by atoms with Crippen molar-refractivity contribution >= 4 is 16.8 Å². The number of aromatic hydroxyl groups is 1. The Kier molecular flexibility index (Phi) is 3.98. The van der Waals surface area contributed by atoms with Crippen molar-refractivity contribution < 1.29 is 9.90 Å². The largest absolute Gasteiger partial charge is 0.508 e. The summed E-state index contributed by atoms with van der Waals surface area (Å²) in [6.07, 6.45) is 0.295. The number of aryl methyl sites for hydroxylation is 1. The first-order chi connectivity index (χ1) is 11.1. The number of carbonyl (C=O) groups excluding carboxylic acids is 1. The monoisotopic (exact) mass is 306 g/mol. The summed E-state index contributed by atoms with van der Waals surface area (Å²) in [4.78, 5) is 16.5. The first-order valence-corrected chi connectivity index (χ1v) is 7.47. The quantitative estimate of drug-likeness (QED) is 0.781. The van der Waals surface area contributed by atoms with E-state index in [-0.39, 0.29) is 11.7 Å². The fraction of sp³-hybridized carbons (Fsp3) is 0.158. The molecule has 4 nitrogen and oxygen atoms in total. The van der Waals surface area contributed by atoms with Gasteiger partial charge < -0.3 is 10.4 Å². The minimum Gasteiger partial charge on any atom is -0.508 e. The van der Waals surface area contributed by atoms with Crippen LogP contribution >= 0.6 is 0 Å². The number of likely N-dealkylation sites (N-methyl/N-ethyl adjacent to an activating group) is 1. The van der Waals surface area contributed by atoms with E-state index in [0.717, 1.165) is 33.3 Å². The minimum atomic E-state index is -0.0419. The van der Waals surface area contributed by atoms with E-state index in [4.69, 9.17) is 4.98 Å². The van der Waals surface area contributed by atoms with Crippen LogP contribution in [0.1, 0.15) is 11.1 Å². The maximum Gasteiger partial charge on any atom is 0.224 e. The molecule has 2 aromatic carbocycles. The summed E-state index contributed by atoms with van der Waals surface area (Å²) >= 11 is 0. The molecule has 0 radical (unpaired) electrons. The van der Waals surface area contributed by atoms with Crippen molar-refractivity contribution in [2.75, 3.05) is 7.05 Å². The molecule has 0 saturated carbocycles. The highest BCUT2D eigenvalue weighted by Crippen LogP contribution is 2.28. The number of fused-ring (bicyclic) bond motifs is 1. The van der Waals surface area contributed by atoms with Crippen LogP contribution in [0.5, 0.6) is 5.75 Å². The number of phenols is 1. The molecule has 0 aliphatic carbocycles. The van der Waals surface area contributed by atoms with E-state index in [2.05, 4.69) is 5.32 Å². The first kappa shape index (κ1) is 15.0. The predicted octanol–water partition coefficient (Wildman–Crippen LogP) is 3.20. The molecule has 1 aromatic heterocycles. The van der Waals surface area contributed by atoms with Crippen molar-refractivity contribution in [2.45, 2.75) is 13.3 Å². The van der Waals surface area contributed by atoms with Crippen molar-refractivity contribution in [3.63, 3.8) is 0 Å². The van der Waals surface area contributed by atoms with Crippen molar-refractivity contribution in [3.8, 4) is 17.0 Å². The van der Waals surface area contributed by atoms with Gasteiger partial charge in [-0.2, -0.15) is 0 Å². The predicted molar refractivity (Wildman–Crippen MR) is 91.4 cm³/mol. The summed E-state index contributed by atoms with van der Waals surface area (Å²) in [6.45, 7) is 2.03. The Morgan fingerprint density at radius 1 is 1.17 bits per heavy atom. The van der Waals surface area contributed by atoms with Crippen molar-refractivity contribution in [1.82, 2.24) is 10.3 Å². The van der Waals surface area contributed by atoms with Gasteiger partial charge in [0.05, 0.1) is 17.6 Å². The van der Waals surface area contributed by atoms with Gasteiger partial charge in [0.25, 0.3) is 0 Å². The topological polar surface area (TPSA) is 62.2 Å². The second-order valence-electron chi connectivity index (χ2n) is 5.54. The molecule has 0 aliphatic rings. The standard InChI is InChI=1S/C19H18N2O2/c1-12-9-17(13-5-3-7-15(22)10-13)21-19-14(11-18(23)20-2)6-4-8-16(12)19/h3-10,22H,11H2,1-2H3,(H,20,23). The number of benzene rings is 2. The van der Waals surface area contributed by atoms with Crippen LogP contribution in [0.3, 0.4) is 0 Å². The number of amides is 1. The smallest absolute Gasteiger partial charge is 0.224 e. The number of aromatic nitrogens is 1. The molecule has 0 spiro atoms. The molecule has 116 valence electrons. The summed E-state index contributed by atoms with van der Waals surface area (Å²) in [6, 6.07) is 14.9. The van der Waals surface area contributed by atoms with Gasteiger partial charge in [-0.05, 0) is 36.2 Å². The molecular weight excluding hydrogens is 288 g/mol. The van der Waals surface area contributed by atoms with Gasteiger partial charge in [0.15, 0.2) is 0 Å². The Morgan fingerprint density at radius 2 is 1.96 bits per heavy atom. The third-order valence-corrected chi connectivity index (χ3v) is 3.90. The number of nitrogens with one attached hydrogen (secondary N) is 1. The van der Waals surface area contributed by atoms with Gasteiger partial charge in [-0.1, -0.05) is 30.3 Å². The fourth-order valence-corrected chi connectivity index (χ4v) is 2.69. The highest BCUT2D eigenvalue weighted by molar-refractivity contribution is 5.91. The number of nitrogens with zero attached hydrogens (tertiary/aromatic N) is 1. The molecule has 1 amide bonds. The van der Waals surface area contributed by atoms with Crippen LogP contribution in [0.4, 0.5) is 0 Å². The average Bonchev–Trinajstić information content (AvgIpc) is 2.55. The van der Waals surface area contributed by atoms with E-state index in [1.807, 2.05) is 37.3 Å². The first-order valence-electron chi connectivity index (χ1n) is 7.47. The molecule has 2 N–H and O–H groups in total. The number of para-hydroxylation sites is 1. The molecule has 0 unspecified atom stereocenters. The van der Waals surface area contributed by atoms with Gasteiger partial charge in [-0.3, -0.25) is 4.79 Å². The second kappa shape index (κ2) is 6.08. The van der Waals surface area contributed by atoms with Crippen LogP contribution in [0.15, 0.2) is 48.5 Å². The lowest BCUT2D eigenvalue weighted by molar-refractivity contribution is -0.119. The maximum absolute atomic E-state index is 11.7. The summed E-state index contributed by atoms with van der Waals surface area (Å²) in [5.74, 6) is 0.167. The van der Waals surface area contributed by atoms with Crippen molar-refractivity contribution in [3.05, 3.63) is 59.7 Å². The fourth-order valence-electron chi connectivity index (χ4n) is 2.69. The Balaban J connectivity index is 2.19. The average molecular weight is 306 g/mol. The van der Waals surface area contributed by atoms with Crippen molar-refractivity contribution in [2.24, 2.45) is 0 Å². The molecule has 4 heteroatoms. The van der Waals surface area contributed by atoms with Gasteiger partial charge in [0.1, 0.15) is 5.75 Å². The van der Waals surface area contributed by atoms with Gasteiger partial charge in [0.2, 0.25) is 5.91 Å². The zero-order valence-electron chi connectivity index (χ0n) is 13.1. The van der Waals surface area contributed by atoms with E-state index in [9.17, 15) is 9.90 Å². The van der Waals surface area contributed by atoms with E-state index < -0.39 is 0 Å². The molecule has 3 aromatic rings. The number of rotatable bonds is 3. The Morgan fingerprint density at radius 3 is 2.70 bits per heavy atom. The van der Waals surface area contributed by atoms with E-state index in [0.29, 0.717) is 6.42 Å². The van der Waals surface area contributed by atoms with Crippen LogP contribution in [-0.4, -0.2) is 23.0 Å². The SMILES string of the molecule is CNC(=O)Cc1cccc2c(C)cc(-c3cccc(O)c3)nc12. The Hall–Kier alpha value is -2.88. The highest BCUT2D eigenvalue weighted by Gasteiger charge is 2.11. The number of hydrogen-bond donors (Lipinski definition) is 2. The third kappa shape index (κ3) is 3.01. The molecule has 23 heavy (non-hydrogen) atoms. The summed E-state index contributed by atoms with van der Waals surface area (Å²) in [7, 11) is 1.63. The van der Waals surface area contributed by atoms with Crippen molar-refractivity contribution in [1.29, 1.82) is 0 Å². The van der Waals surface area contributed by atoms with Crippen LogP contribution in [-0.2, 0) is 11.2 Å². The Labute approximate surface area is 134 Å². The number of carbonyl (C=O) groups is 1. The zero-order valence-corrected chi connectivity index (χ0v) is 13.1. The van der Waals surface area contributed by atoms with Gasteiger partial charge in [0, 0.05) is 18.0 Å². The van der Waals surface area contributed by atoms with Gasteiger partial charge >= 0.3 is 0 Å². The third-order valence-electron chi connectivity index (χ3n) is 3.90. The second-order valence-corrected chi connectivity index (χ2v) is 5.54. The Bertz CT molecular complexity index is 888. The lowest BCUT2D eigenvalue weighted by atomic mass is 10.0. The van der Waals surface area contributed by atoms with E-state index >= 15 is 0 Å². The maximum atomic E-state index is 11.7. The lowest BCUT2D eigenvalue weighted by Gasteiger charge is -2.11. The molecule has 0 fully saturated rings. The summed E-state index contributed by atoms with van der Waals surface area (Å²) in [5.41, 5.74) is 4.45. The van der Waals surface area contributed by atoms with Crippen LogP contribution in [0.25, 0.3) is 22.2 Å². The van der Waals surface area contributed by atoms with Crippen LogP contribution in [0.2, 0.25) is 0 Å². The molecule has 0 bridgehead atoms. The molecule has 3 rings (SSSR count). The minimum absolute atomic E-state index is 0.0419. The normalized spacial score (nSPS) is 10.7. The van der Waals surface area contributed by atoms with Crippen LogP contribution in [0, 0.1) is 6.92 Å². The van der Waals surface area contributed by atoms with Gasteiger partial charge in [-0.15, -0.1) is 0 Å². The highest BCUT2D eigenvalue weighted by atomic mass is 16.3. The number of pyridine rings is 1. The summed E-state index contributed by atoms with van der Waals surface area (Å²) in [5, 5.41) is 13.4. The molecule has 0 saturated heterocycles. The molecule has 0 aliphatic heterocycles. The number of phenolic OH excluding ortho intramolecular Hbond substituents is 1. The summed E-state index contributed by atoms with van der Waals surface area (Å²) < 4.78 is 0. The lowest BCUT2D eigenvalue weighted by Crippen LogP contribution is -2.20. The van der Waals surface area contributed by atoms with E-state index in [1.165, 1.54) is 0 Å². The molecule has 1 heterocycles. The van der Waals surface area contributed by atoms with E-state index in [1.54, 1.807) is 25.2 Å². The molecular formula is C19H18N2O2. The van der Waals surface area contributed by atoms with Crippen LogP contribution < -0.4 is 5.32 Å². The molecule has 0 atom stereocenters.